The molecule has 0 radical (unpaired) electrons. The number of methoxy groups -OCH3 is 1. The number of amides is 1. The number of carbonyl (C=O) groups is 2. The molecule has 0 aliphatic carbocycles. The number of hydrogen-bond acceptors (Lipinski definition) is 4. The Bertz CT molecular complexity index is 640. The Labute approximate surface area is 127 Å². The fourth-order valence-corrected chi connectivity index (χ4v) is 2.00. The van der Waals surface area contributed by atoms with E-state index in [1.54, 1.807) is 35.3 Å². The summed E-state index contributed by atoms with van der Waals surface area (Å²) in [4.78, 5) is 23.1. The third-order valence-corrected chi connectivity index (χ3v) is 3.16. The highest BCUT2D eigenvalue weighted by Crippen LogP contribution is 2.10. The summed E-state index contributed by atoms with van der Waals surface area (Å²) in [6, 6.07) is 8.92. The number of nitrogens with one attached hydrogen (secondary N) is 1. The molecule has 0 fully saturated rings. The lowest BCUT2D eigenvalue weighted by atomic mass is 10.1. The van der Waals surface area contributed by atoms with Gasteiger partial charge in [-0.3, -0.25) is 9.48 Å². The van der Waals surface area contributed by atoms with Crippen molar-refractivity contribution in [3.63, 3.8) is 0 Å². The predicted molar refractivity (Wildman–Crippen MR) is 78.5 cm³/mol. The fraction of sp³-hybridized carbons (Fsp3) is 0.267. The van der Waals surface area contributed by atoms with Crippen molar-refractivity contribution in [1.82, 2.24) is 15.1 Å². The largest absolute Gasteiger partial charge is 0.479 e. The first-order valence-electron chi connectivity index (χ1n) is 6.71. The van der Waals surface area contributed by atoms with E-state index < -0.39 is 12.1 Å². The molecule has 1 amide bonds. The van der Waals surface area contributed by atoms with Crippen molar-refractivity contribution < 1.29 is 19.4 Å². The molecule has 0 saturated carbocycles. The molecule has 0 aliphatic rings. The van der Waals surface area contributed by atoms with E-state index >= 15 is 0 Å². The number of carboxylic acid groups (broad SMARTS) is 1. The van der Waals surface area contributed by atoms with Gasteiger partial charge in [0.2, 0.25) is 0 Å². The molecule has 1 unspecified atom stereocenters. The lowest BCUT2D eigenvalue weighted by Gasteiger charge is -2.13. The van der Waals surface area contributed by atoms with E-state index in [9.17, 15) is 9.59 Å². The average molecular weight is 303 g/mol. The van der Waals surface area contributed by atoms with Gasteiger partial charge in [0.1, 0.15) is 0 Å². The number of carbonyl (C=O) groups excluding carboxylic acids is 1. The first-order chi connectivity index (χ1) is 10.6. The van der Waals surface area contributed by atoms with Gasteiger partial charge in [-0.25, -0.2) is 4.79 Å². The first-order valence-corrected chi connectivity index (χ1v) is 6.71. The predicted octanol–water partition coefficient (Wildman–Crippen LogP) is 0.761. The number of ether oxygens (including phenoxy) is 1. The van der Waals surface area contributed by atoms with E-state index in [1.807, 2.05) is 12.1 Å². The summed E-state index contributed by atoms with van der Waals surface area (Å²) in [6.45, 7) is 0.365. The molecular weight excluding hydrogens is 286 g/mol. The molecule has 0 bridgehead atoms. The monoisotopic (exact) mass is 303 g/mol. The molecule has 2 N–H and O–H groups in total. The van der Waals surface area contributed by atoms with Crippen LogP contribution in [0.5, 0.6) is 0 Å². The average Bonchev–Trinajstić information content (AvgIpc) is 3.01. The zero-order chi connectivity index (χ0) is 15.9. The lowest BCUT2D eigenvalue weighted by molar-refractivity contribution is -0.148. The zero-order valence-electron chi connectivity index (χ0n) is 12.1. The molecule has 7 heteroatoms. The Hall–Kier alpha value is -2.67. The second-order valence-electron chi connectivity index (χ2n) is 4.63. The molecule has 2 aromatic rings. The second kappa shape index (κ2) is 7.37. The van der Waals surface area contributed by atoms with Crippen LogP contribution in [0.15, 0.2) is 42.7 Å². The minimum Gasteiger partial charge on any atom is -0.479 e. The Morgan fingerprint density at radius 1 is 1.36 bits per heavy atom. The van der Waals surface area contributed by atoms with Gasteiger partial charge in [-0.2, -0.15) is 5.10 Å². The number of carboxylic acids is 1. The maximum Gasteiger partial charge on any atom is 0.334 e. The van der Waals surface area contributed by atoms with Crippen molar-refractivity contribution in [3.05, 3.63) is 53.9 Å². The van der Waals surface area contributed by atoms with Crippen LogP contribution in [-0.2, 0) is 16.1 Å². The Kier molecular flexibility index (Phi) is 5.26. The van der Waals surface area contributed by atoms with Crippen molar-refractivity contribution in [2.45, 2.75) is 12.6 Å². The van der Waals surface area contributed by atoms with Crippen molar-refractivity contribution in [2.75, 3.05) is 13.7 Å². The highest BCUT2D eigenvalue weighted by atomic mass is 16.5. The van der Waals surface area contributed by atoms with Crippen LogP contribution in [0.4, 0.5) is 0 Å². The number of nitrogens with zero attached hydrogens (tertiary/aromatic N) is 2. The fourth-order valence-electron chi connectivity index (χ4n) is 2.00. The lowest BCUT2D eigenvalue weighted by Crippen LogP contribution is -2.38. The molecule has 1 aromatic heterocycles. The minimum atomic E-state index is -1.12. The Balaban J connectivity index is 2.08. The van der Waals surface area contributed by atoms with Crippen molar-refractivity contribution >= 4 is 11.9 Å². The summed E-state index contributed by atoms with van der Waals surface area (Å²) >= 11 is 0. The van der Waals surface area contributed by atoms with Crippen LogP contribution >= 0.6 is 0 Å². The summed E-state index contributed by atoms with van der Waals surface area (Å²) in [5.74, 6) is -1.46. The minimum absolute atomic E-state index is 0.0965. The molecular formula is C15H17N3O4. The van der Waals surface area contributed by atoms with Gasteiger partial charge in [0.25, 0.3) is 5.91 Å². The molecule has 1 aromatic carbocycles. The van der Waals surface area contributed by atoms with Crippen LogP contribution in [-0.4, -0.2) is 46.5 Å². The SMILES string of the molecule is COC(CNC(=O)c1ccccc1Cn1cccn1)C(=O)O. The third-order valence-electron chi connectivity index (χ3n) is 3.16. The van der Waals surface area contributed by atoms with Gasteiger partial charge in [-0.05, 0) is 17.7 Å². The van der Waals surface area contributed by atoms with Gasteiger partial charge in [-0.1, -0.05) is 18.2 Å². The van der Waals surface area contributed by atoms with Crippen LogP contribution in [0.25, 0.3) is 0 Å². The number of benzene rings is 1. The van der Waals surface area contributed by atoms with Gasteiger partial charge in [0.05, 0.1) is 13.1 Å². The van der Waals surface area contributed by atoms with E-state index in [4.69, 9.17) is 9.84 Å². The topological polar surface area (TPSA) is 93.5 Å². The highest BCUT2D eigenvalue weighted by Gasteiger charge is 2.18. The summed E-state index contributed by atoms with van der Waals surface area (Å²) in [5.41, 5.74) is 1.28. The molecule has 7 nitrogen and oxygen atoms in total. The standard InChI is InChI=1S/C15H17N3O4/c1-22-13(15(20)21)9-16-14(19)12-6-3-2-5-11(12)10-18-8-4-7-17-18/h2-8,13H,9-10H2,1H3,(H,16,19)(H,20,21). The Morgan fingerprint density at radius 3 is 2.77 bits per heavy atom. The second-order valence-corrected chi connectivity index (χ2v) is 4.63. The maximum atomic E-state index is 12.2. The quantitative estimate of drug-likeness (QED) is 0.787. The molecule has 1 heterocycles. The number of hydrogen-bond donors (Lipinski definition) is 2. The van der Waals surface area contributed by atoms with Gasteiger partial charge >= 0.3 is 5.97 Å². The number of aliphatic carboxylic acids is 1. The smallest absolute Gasteiger partial charge is 0.334 e. The van der Waals surface area contributed by atoms with E-state index in [0.717, 1.165) is 5.56 Å². The van der Waals surface area contributed by atoms with Crippen LogP contribution in [0.3, 0.4) is 0 Å². The maximum absolute atomic E-state index is 12.2. The van der Waals surface area contributed by atoms with E-state index in [0.29, 0.717) is 12.1 Å². The van der Waals surface area contributed by atoms with Gasteiger partial charge in [-0.15, -0.1) is 0 Å². The van der Waals surface area contributed by atoms with E-state index in [-0.39, 0.29) is 12.5 Å². The van der Waals surface area contributed by atoms with Crippen LogP contribution in [0, 0.1) is 0 Å². The van der Waals surface area contributed by atoms with Crippen LogP contribution in [0.2, 0.25) is 0 Å². The van der Waals surface area contributed by atoms with Crippen molar-refractivity contribution in [3.8, 4) is 0 Å². The summed E-state index contributed by atoms with van der Waals surface area (Å²) in [7, 11) is 1.29. The van der Waals surface area contributed by atoms with Crippen LogP contribution in [0.1, 0.15) is 15.9 Å². The molecule has 116 valence electrons. The molecule has 0 aliphatic heterocycles. The van der Waals surface area contributed by atoms with Crippen molar-refractivity contribution in [1.29, 1.82) is 0 Å². The summed E-state index contributed by atoms with van der Waals surface area (Å²) < 4.78 is 6.49. The molecule has 0 saturated heterocycles. The zero-order valence-corrected chi connectivity index (χ0v) is 12.1. The van der Waals surface area contributed by atoms with Gasteiger partial charge < -0.3 is 15.2 Å². The molecule has 22 heavy (non-hydrogen) atoms. The normalized spacial score (nSPS) is 11.9. The van der Waals surface area contributed by atoms with E-state index in [2.05, 4.69) is 10.4 Å². The van der Waals surface area contributed by atoms with Crippen molar-refractivity contribution in [2.24, 2.45) is 0 Å². The highest BCUT2D eigenvalue weighted by molar-refractivity contribution is 5.95. The third kappa shape index (κ3) is 3.92. The Morgan fingerprint density at radius 2 is 2.14 bits per heavy atom. The molecule has 1 atom stereocenters. The number of aromatic nitrogens is 2. The molecule has 2 rings (SSSR count). The summed E-state index contributed by atoms with van der Waals surface area (Å²) in [6.07, 6.45) is 2.40. The van der Waals surface area contributed by atoms with Gasteiger partial charge in [0, 0.05) is 25.1 Å². The molecule has 0 spiro atoms. The first kappa shape index (κ1) is 15.7. The summed E-state index contributed by atoms with van der Waals surface area (Å²) in [5, 5.41) is 15.6. The van der Waals surface area contributed by atoms with Gasteiger partial charge in [0.15, 0.2) is 6.10 Å². The van der Waals surface area contributed by atoms with E-state index in [1.165, 1.54) is 7.11 Å². The van der Waals surface area contributed by atoms with Crippen LogP contribution < -0.4 is 5.32 Å². The number of rotatable bonds is 7.